The molecule has 1 saturated heterocycles. The lowest BCUT2D eigenvalue weighted by atomic mass is 9.90. The third kappa shape index (κ3) is 10.3. The molecule has 1 atom stereocenters. The lowest BCUT2D eigenvalue weighted by Crippen LogP contribution is -2.23. The maximum atomic E-state index is 14.8. The van der Waals surface area contributed by atoms with Crippen molar-refractivity contribution in [3.05, 3.63) is 82.6 Å². The summed E-state index contributed by atoms with van der Waals surface area (Å²) in [7, 11) is 2.15. The van der Waals surface area contributed by atoms with E-state index in [1.807, 2.05) is 26.0 Å². The molecule has 35 heavy (non-hydrogen) atoms. The van der Waals surface area contributed by atoms with Crippen molar-refractivity contribution < 1.29 is 8.78 Å². The third-order valence-electron chi connectivity index (χ3n) is 6.47. The predicted molar refractivity (Wildman–Crippen MR) is 148 cm³/mol. The van der Waals surface area contributed by atoms with Gasteiger partial charge in [0.25, 0.3) is 0 Å². The van der Waals surface area contributed by atoms with Gasteiger partial charge in [-0.2, -0.15) is 0 Å². The molecule has 3 rings (SSSR count). The number of nitrogens with zero attached hydrogens (tertiary/aromatic N) is 1. The minimum atomic E-state index is -0.194. The number of hydrogen-bond acceptors (Lipinski definition) is 1. The van der Waals surface area contributed by atoms with E-state index in [-0.39, 0.29) is 11.6 Å². The zero-order chi connectivity index (χ0) is 26.2. The molecule has 192 valence electrons. The van der Waals surface area contributed by atoms with Gasteiger partial charge in [0, 0.05) is 25.2 Å². The zero-order valence-electron chi connectivity index (χ0n) is 22.5. The van der Waals surface area contributed by atoms with Crippen LogP contribution in [0.4, 0.5) is 8.78 Å². The Labute approximate surface area is 213 Å². The van der Waals surface area contributed by atoms with Crippen LogP contribution in [0.5, 0.6) is 0 Å². The number of hydrogen-bond donors (Lipinski definition) is 0. The van der Waals surface area contributed by atoms with Crippen molar-refractivity contribution in [1.29, 1.82) is 0 Å². The maximum Gasteiger partial charge on any atom is 0.123 e. The second-order valence-corrected chi connectivity index (χ2v) is 8.97. The molecule has 3 heteroatoms. The fourth-order valence-corrected chi connectivity index (χ4v) is 4.58. The van der Waals surface area contributed by atoms with Crippen molar-refractivity contribution in [2.45, 2.75) is 79.1 Å². The highest BCUT2D eigenvalue weighted by molar-refractivity contribution is 5.38. The number of terminal acetylenes is 1. The van der Waals surface area contributed by atoms with Gasteiger partial charge >= 0.3 is 0 Å². The van der Waals surface area contributed by atoms with Gasteiger partial charge in [-0.15, -0.1) is 12.8 Å². The van der Waals surface area contributed by atoms with Crippen LogP contribution in [0, 0.1) is 30.5 Å². The van der Waals surface area contributed by atoms with Crippen molar-refractivity contribution in [2.75, 3.05) is 13.6 Å². The SMILES string of the molecule is C#C.CC.C\C=C(F)/C(=C\C(=C\CC)C1CC1)C/C=C1/C(Cc2ccc(F)cc2)CCCCN1C. The molecule has 2 aliphatic rings. The highest BCUT2D eigenvalue weighted by Crippen LogP contribution is 2.39. The number of rotatable bonds is 8. The van der Waals surface area contributed by atoms with Crippen LogP contribution >= 0.6 is 0 Å². The van der Waals surface area contributed by atoms with Gasteiger partial charge < -0.3 is 4.90 Å². The Morgan fingerprint density at radius 1 is 1.09 bits per heavy atom. The molecule has 1 saturated carbocycles. The van der Waals surface area contributed by atoms with Crippen LogP contribution in [0.3, 0.4) is 0 Å². The standard InChI is InChI=1S/C28H37F2N.C2H6.C2H2/c1-4-8-23(22-12-13-22)20-24(27(30)5-2)14-17-28-25(9-6-7-18-31(28)3)19-21-10-15-26(29)16-11-21;2*1-2/h5,8,10-11,15-17,20,22,25H,4,6-7,9,12-14,18-19H2,1-3H3;1-2H3;1-2H/b23-8-,24-20-,27-5+,28-17-;;. The normalized spacial score (nSPS) is 20.4. The van der Waals surface area contributed by atoms with Crippen LogP contribution in [-0.4, -0.2) is 18.5 Å². The predicted octanol–water partition coefficient (Wildman–Crippen LogP) is 9.20. The molecule has 1 aliphatic heterocycles. The lowest BCUT2D eigenvalue weighted by Gasteiger charge is -2.27. The average molecular weight is 482 g/mol. The topological polar surface area (TPSA) is 3.24 Å². The number of allylic oxidation sites excluding steroid dienone is 8. The molecule has 0 spiro atoms. The molecule has 1 aromatic rings. The van der Waals surface area contributed by atoms with E-state index in [1.165, 1.54) is 37.0 Å². The molecule has 1 aliphatic carbocycles. The van der Waals surface area contributed by atoms with Crippen LogP contribution in [0.1, 0.15) is 78.2 Å². The van der Waals surface area contributed by atoms with Crippen LogP contribution < -0.4 is 0 Å². The van der Waals surface area contributed by atoms with E-state index in [4.69, 9.17) is 0 Å². The van der Waals surface area contributed by atoms with Crippen molar-refractivity contribution in [3.63, 3.8) is 0 Å². The summed E-state index contributed by atoms with van der Waals surface area (Å²) in [5, 5.41) is 0. The van der Waals surface area contributed by atoms with Crippen molar-refractivity contribution in [3.8, 4) is 12.8 Å². The molecule has 1 aromatic carbocycles. The molecule has 0 aromatic heterocycles. The van der Waals surface area contributed by atoms with E-state index in [0.717, 1.165) is 36.9 Å². The van der Waals surface area contributed by atoms with E-state index in [9.17, 15) is 8.78 Å². The van der Waals surface area contributed by atoms with E-state index >= 15 is 0 Å². The van der Waals surface area contributed by atoms with Crippen LogP contribution in [0.15, 0.2) is 71.2 Å². The molecule has 1 nitrogen and oxygen atoms in total. The Kier molecular flexibility index (Phi) is 14.7. The molecule has 0 amide bonds. The monoisotopic (exact) mass is 481 g/mol. The molecule has 0 radical (unpaired) electrons. The van der Waals surface area contributed by atoms with Gasteiger partial charge in [-0.1, -0.05) is 63.6 Å². The first kappa shape index (κ1) is 30.4. The summed E-state index contributed by atoms with van der Waals surface area (Å²) in [6.45, 7) is 8.94. The van der Waals surface area contributed by atoms with E-state index in [2.05, 4.69) is 49.9 Å². The van der Waals surface area contributed by atoms with Gasteiger partial charge in [0.15, 0.2) is 0 Å². The van der Waals surface area contributed by atoms with E-state index in [0.29, 0.717) is 18.3 Å². The van der Waals surface area contributed by atoms with Gasteiger partial charge in [0.2, 0.25) is 0 Å². The third-order valence-corrected chi connectivity index (χ3v) is 6.47. The van der Waals surface area contributed by atoms with Crippen molar-refractivity contribution in [2.24, 2.45) is 11.8 Å². The minimum Gasteiger partial charge on any atom is -0.378 e. The molecule has 1 unspecified atom stereocenters. The van der Waals surface area contributed by atoms with Crippen LogP contribution in [-0.2, 0) is 6.42 Å². The largest absolute Gasteiger partial charge is 0.378 e. The van der Waals surface area contributed by atoms with Gasteiger partial charge in [0.1, 0.15) is 11.6 Å². The quantitative estimate of drug-likeness (QED) is 0.264. The summed E-state index contributed by atoms with van der Waals surface area (Å²) in [5.74, 6) is 0.674. The molecule has 0 bridgehead atoms. The molecule has 2 fully saturated rings. The van der Waals surface area contributed by atoms with E-state index < -0.39 is 0 Å². The van der Waals surface area contributed by atoms with Crippen LogP contribution in [0.2, 0.25) is 0 Å². The summed E-state index contributed by atoms with van der Waals surface area (Å²) in [5.41, 5.74) is 4.53. The average Bonchev–Trinajstić information content (AvgIpc) is 3.74. The van der Waals surface area contributed by atoms with Crippen molar-refractivity contribution >= 4 is 0 Å². The van der Waals surface area contributed by atoms with Gasteiger partial charge in [-0.25, -0.2) is 8.78 Å². The molecule has 0 N–H and O–H groups in total. The van der Waals surface area contributed by atoms with Crippen LogP contribution in [0.25, 0.3) is 0 Å². The second kappa shape index (κ2) is 16.9. The first-order valence-corrected chi connectivity index (χ1v) is 13.2. The number of benzene rings is 1. The fourth-order valence-electron chi connectivity index (χ4n) is 4.58. The van der Waals surface area contributed by atoms with E-state index in [1.54, 1.807) is 25.1 Å². The number of halogens is 2. The maximum absolute atomic E-state index is 14.8. The van der Waals surface area contributed by atoms with Crippen molar-refractivity contribution in [1.82, 2.24) is 4.90 Å². The highest BCUT2D eigenvalue weighted by atomic mass is 19.1. The highest BCUT2D eigenvalue weighted by Gasteiger charge is 2.25. The first-order chi connectivity index (χ1) is 17.0. The summed E-state index contributed by atoms with van der Waals surface area (Å²) in [6.07, 6.45) is 24.6. The molecule has 1 heterocycles. The Morgan fingerprint density at radius 2 is 1.74 bits per heavy atom. The fraction of sp³-hybridized carbons (Fsp3) is 0.500. The zero-order valence-corrected chi connectivity index (χ0v) is 22.5. The van der Waals surface area contributed by atoms with Gasteiger partial charge in [-0.3, -0.25) is 0 Å². The Morgan fingerprint density at radius 3 is 2.31 bits per heavy atom. The van der Waals surface area contributed by atoms with Gasteiger partial charge in [-0.05, 0) is 86.6 Å². The second-order valence-electron chi connectivity index (χ2n) is 8.97. The first-order valence-electron chi connectivity index (χ1n) is 13.2. The Balaban J connectivity index is 0.00000145. The van der Waals surface area contributed by atoms with Gasteiger partial charge in [0.05, 0.1) is 0 Å². The smallest absolute Gasteiger partial charge is 0.123 e. The summed E-state index contributed by atoms with van der Waals surface area (Å²) >= 11 is 0. The summed E-state index contributed by atoms with van der Waals surface area (Å²) in [6, 6.07) is 6.86. The summed E-state index contributed by atoms with van der Waals surface area (Å²) < 4.78 is 28.1. The molecular weight excluding hydrogens is 436 g/mol. The number of likely N-dealkylation sites (tertiary alicyclic amines) is 1. The Bertz CT molecular complexity index is 882. The Hall–Kier alpha value is -2.60. The lowest BCUT2D eigenvalue weighted by molar-refractivity contribution is 0.379. The molecular formula is C32H45F2N. The summed E-state index contributed by atoms with van der Waals surface area (Å²) in [4.78, 5) is 2.34. The minimum absolute atomic E-state index is 0.120.